The van der Waals surface area contributed by atoms with Crippen LogP contribution < -0.4 is 0 Å². The van der Waals surface area contributed by atoms with Crippen molar-refractivity contribution < 1.29 is 9.50 Å². The summed E-state index contributed by atoms with van der Waals surface area (Å²) in [6.07, 6.45) is 0.948. The average molecular weight is 375 g/mol. The molecule has 1 aromatic carbocycles. The maximum Gasteiger partial charge on any atom is 0.147 e. The fourth-order valence-electron chi connectivity index (χ4n) is 1.57. The van der Waals surface area contributed by atoms with E-state index in [0.717, 1.165) is 6.20 Å². The number of nitrogens with zero attached hydrogens (tertiary/aromatic N) is 1. The number of benzene rings is 1. The van der Waals surface area contributed by atoms with Gasteiger partial charge in [-0.15, -0.1) is 0 Å². The van der Waals surface area contributed by atoms with Crippen LogP contribution in [-0.4, -0.2) is 10.1 Å². The number of aromatic nitrogens is 1. The molecule has 1 heterocycles. The van der Waals surface area contributed by atoms with Gasteiger partial charge in [0.1, 0.15) is 5.82 Å². The van der Waals surface area contributed by atoms with Gasteiger partial charge >= 0.3 is 0 Å². The quantitative estimate of drug-likeness (QED) is 0.544. The first-order chi connectivity index (χ1) is 9.38. The molecular weight excluding hydrogens is 370 g/mol. The fraction of sp³-hybridized carbons (Fsp3) is 0.0833. The van der Waals surface area contributed by atoms with Crippen LogP contribution in [0.25, 0.3) is 11.3 Å². The molecule has 0 atom stereocenters. The summed E-state index contributed by atoms with van der Waals surface area (Å²) < 4.78 is 13.3. The minimum Gasteiger partial charge on any atom is -0.392 e. The zero-order valence-electron chi connectivity index (χ0n) is 9.52. The number of aliphatic hydroxyl groups is 1. The summed E-state index contributed by atoms with van der Waals surface area (Å²) in [7, 11) is 0. The molecule has 2 rings (SSSR count). The molecule has 0 bridgehead atoms. The lowest BCUT2D eigenvalue weighted by Gasteiger charge is -2.12. The van der Waals surface area contributed by atoms with E-state index in [1.807, 2.05) is 0 Å². The summed E-state index contributed by atoms with van der Waals surface area (Å²) in [5, 5.41) is 9.24. The highest BCUT2D eigenvalue weighted by Crippen LogP contribution is 2.47. The molecule has 0 unspecified atom stereocenters. The van der Waals surface area contributed by atoms with Crippen LogP contribution in [-0.2, 0) is 6.61 Å². The van der Waals surface area contributed by atoms with Crippen LogP contribution in [0.3, 0.4) is 0 Å². The zero-order chi connectivity index (χ0) is 15.0. The molecule has 1 N–H and O–H groups in total. The highest BCUT2D eigenvalue weighted by Gasteiger charge is 2.21. The van der Waals surface area contributed by atoms with E-state index in [2.05, 4.69) is 4.98 Å². The highest BCUT2D eigenvalue weighted by molar-refractivity contribution is 6.56. The molecule has 2 nitrogen and oxygen atoms in total. The maximum atomic E-state index is 13.3. The Hall–Kier alpha value is -0.290. The van der Waals surface area contributed by atoms with Crippen LogP contribution in [0.2, 0.25) is 25.1 Å². The first-order valence-corrected chi connectivity index (χ1v) is 7.04. The Labute approximate surface area is 139 Å². The SMILES string of the molecule is OCc1cc(-c2c(Cl)c(Cl)c(Cl)c(Cl)c2Cl)ncc1F. The van der Waals surface area contributed by atoms with Crippen LogP contribution >= 0.6 is 58.0 Å². The number of halogens is 6. The molecule has 0 aliphatic carbocycles. The first kappa shape index (κ1) is 16.1. The molecule has 0 radical (unpaired) electrons. The molecular formula is C12H5Cl5FNO. The molecule has 8 heteroatoms. The monoisotopic (exact) mass is 373 g/mol. The van der Waals surface area contributed by atoms with Crippen molar-refractivity contribution in [2.24, 2.45) is 0 Å². The third-order valence-electron chi connectivity index (χ3n) is 2.57. The van der Waals surface area contributed by atoms with E-state index in [1.165, 1.54) is 6.07 Å². The van der Waals surface area contributed by atoms with Gasteiger partial charge in [0.15, 0.2) is 0 Å². The van der Waals surface area contributed by atoms with Crippen molar-refractivity contribution in [3.63, 3.8) is 0 Å². The molecule has 106 valence electrons. The summed E-state index contributed by atoms with van der Waals surface area (Å²) in [4.78, 5) is 3.88. The van der Waals surface area contributed by atoms with E-state index in [1.54, 1.807) is 0 Å². The van der Waals surface area contributed by atoms with E-state index in [4.69, 9.17) is 63.1 Å². The highest BCUT2D eigenvalue weighted by atomic mass is 35.5. The second kappa shape index (κ2) is 6.22. The molecule has 0 saturated carbocycles. The van der Waals surface area contributed by atoms with Crippen LogP contribution in [0.15, 0.2) is 12.3 Å². The van der Waals surface area contributed by atoms with E-state index in [0.29, 0.717) is 0 Å². The van der Waals surface area contributed by atoms with Gasteiger partial charge in [0.2, 0.25) is 0 Å². The Morgan fingerprint density at radius 3 is 1.95 bits per heavy atom. The Morgan fingerprint density at radius 1 is 0.950 bits per heavy atom. The molecule has 0 fully saturated rings. The number of aliphatic hydroxyl groups excluding tert-OH is 1. The minimum atomic E-state index is -0.644. The van der Waals surface area contributed by atoms with Gasteiger partial charge in [0, 0.05) is 11.1 Å². The van der Waals surface area contributed by atoms with Gasteiger partial charge in [0.25, 0.3) is 0 Å². The lowest BCUT2D eigenvalue weighted by Crippen LogP contribution is -1.95. The van der Waals surface area contributed by atoms with Crippen molar-refractivity contribution in [3.8, 4) is 11.3 Å². The first-order valence-electron chi connectivity index (χ1n) is 5.15. The Kier molecular flexibility index (Phi) is 5.00. The molecule has 0 amide bonds. The van der Waals surface area contributed by atoms with Gasteiger partial charge in [-0.3, -0.25) is 4.98 Å². The van der Waals surface area contributed by atoms with Crippen LogP contribution in [0, 0.1) is 5.82 Å². The Morgan fingerprint density at radius 2 is 1.45 bits per heavy atom. The number of hydrogen-bond acceptors (Lipinski definition) is 2. The molecule has 0 aliphatic rings. The molecule has 2 aromatic rings. The van der Waals surface area contributed by atoms with E-state index >= 15 is 0 Å². The van der Waals surface area contributed by atoms with Crippen LogP contribution in [0.1, 0.15) is 5.56 Å². The van der Waals surface area contributed by atoms with Gasteiger partial charge in [-0.1, -0.05) is 58.0 Å². The lowest BCUT2D eigenvalue weighted by atomic mass is 10.1. The average Bonchev–Trinajstić information content (AvgIpc) is 2.45. The summed E-state index contributed by atoms with van der Waals surface area (Å²) in [5.41, 5.74) is 0.498. The number of rotatable bonds is 2. The second-order valence-electron chi connectivity index (χ2n) is 3.76. The smallest absolute Gasteiger partial charge is 0.147 e. The van der Waals surface area contributed by atoms with Gasteiger partial charge in [0.05, 0.1) is 43.6 Å². The van der Waals surface area contributed by atoms with Gasteiger partial charge < -0.3 is 5.11 Å². The minimum absolute atomic E-state index is 0.0226. The van der Waals surface area contributed by atoms with E-state index in [9.17, 15) is 4.39 Å². The van der Waals surface area contributed by atoms with Gasteiger partial charge in [-0.25, -0.2) is 4.39 Å². The molecule has 0 spiro atoms. The predicted molar refractivity (Wildman–Crippen MR) is 80.6 cm³/mol. The lowest BCUT2D eigenvalue weighted by molar-refractivity contribution is 0.275. The van der Waals surface area contributed by atoms with Crippen molar-refractivity contribution in [3.05, 3.63) is 48.8 Å². The number of pyridine rings is 1. The maximum absolute atomic E-state index is 13.3. The normalized spacial score (nSPS) is 10.9. The molecule has 20 heavy (non-hydrogen) atoms. The zero-order valence-corrected chi connectivity index (χ0v) is 13.3. The third kappa shape index (κ3) is 2.71. The van der Waals surface area contributed by atoms with Crippen molar-refractivity contribution in [2.75, 3.05) is 0 Å². The van der Waals surface area contributed by atoms with Gasteiger partial charge in [-0.2, -0.15) is 0 Å². The Bertz CT molecular complexity index is 663. The van der Waals surface area contributed by atoms with Crippen molar-refractivity contribution >= 4 is 58.0 Å². The summed E-state index contributed by atoms with van der Waals surface area (Å²) in [6, 6.07) is 1.31. The molecule has 0 aliphatic heterocycles. The summed E-state index contributed by atoms with van der Waals surface area (Å²) in [5.74, 6) is -0.644. The Balaban J connectivity index is 2.76. The van der Waals surface area contributed by atoms with E-state index < -0.39 is 12.4 Å². The number of hydrogen-bond donors (Lipinski definition) is 1. The fourth-order valence-corrected chi connectivity index (χ4v) is 2.90. The van der Waals surface area contributed by atoms with Crippen LogP contribution in [0.5, 0.6) is 0 Å². The van der Waals surface area contributed by atoms with Crippen molar-refractivity contribution in [1.82, 2.24) is 4.98 Å². The molecule has 1 aromatic heterocycles. The van der Waals surface area contributed by atoms with Crippen molar-refractivity contribution in [2.45, 2.75) is 6.61 Å². The third-order valence-corrected chi connectivity index (χ3v) is 4.85. The second-order valence-corrected chi connectivity index (χ2v) is 5.65. The summed E-state index contributed by atoms with van der Waals surface area (Å²) >= 11 is 30.0. The van der Waals surface area contributed by atoms with Crippen LogP contribution in [0.4, 0.5) is 4.39 Å². The predicted octanol–water partition coefficient (Wildman–Crippen LogP) is 5.65. The molecule has 0 saturated heterocycles. The van der Waals surface area contributed by atoms with Crippen molar-refractivity contribution in [1.29, 1.82) is 0 Å². The summed E-state index contributed by atoms with van der Waals surface area (Å²) in [6.45, 7) is -0.494. The largest absolute Gasteiger partial charge is 0.392 e. The topological polar surface area (TPSA) is 33.1 Å². The van der Waals surface area contributed by atoms with Gasteiger partial charge in [-0.05, 0) is 6.07 Å². The standard InChI is InChI=1S/C12H5Cl5FNO/c13-8-7(9(14)11(16)12(17)10(8)15)6-1-4(3-20)5(18)2-19-6/h1-2,20H,3H2. The van der Waals surface area contributed by atoms with E-state index in [-0.39, 0.29) is 41.9 Å².